The van der Waals surface area contributed by atoms with Gasteiger partial charge < -0.3 is 14.2 Å². The molecule has 0 aliphatic heterocycles. The lowest BCUT2D eigenvalue weighted by atomic mass is 10.0. The Hall–Kier alpha value is -3.15. The van der Waals surface area contributed by atoms with Crippen molar-refractivity contribution in [3.05, 3.63) is 72.9 Å². The lowest BCUT2D eigenvalue weighted by Gasteiger charge is -2.18. The molecule has 6 nitrogen and oxygen atoms in total. The van der Waals surface area contributed by atoms with E-state index in [9.17, 15) is 14.4 Å². The zero-order chi connectivity index (χ0) is 42.3. The van der Waals surface area contributed by atoms with E-state index in [1.807, 2.05) is 54.7 Å². The van der Waals surface area contributed by atoms with Gasteiger partial charge in [-0.2, -0.15) is 0 Å². The van der Waals surface area contributed by atoms with Crippen LogP contribution in [-0.4, -0.2) is 37.2 Å². The van der Waals surface area contributed by atoms with Gasteiger partial charge in [-0.05, 0) is 51.4 Å². The number of unbranched alkanes of at least 4 members (excludes halogenated alkanes) is 23. The lowest BCUT2D eigenvalue weighted by Crippen LogP contribution is -2.30. The van der Waals surface area contributed by atoms with Crippen LogP contribution >= 0.6 is 0 Å². The van der Waals surface area contributed by atoms with Crippen molar-refractivity contribution in [1.29, 1.82) is 0 Å². The van der Waals surface area contributed by atoms with Crippen molar-refractivity contribution in [2.45, 2.75) is 226 Å². The summed E-state index contributed by atoms with van der Waals surface area (Å²) in [5.74, 6) is -0.997. The maximum atomic E-state index is 12.7. The van der Waals surface area contributed by atoms with Crippen molar-refractivity contribution >= 4 is 17.9 Å². The summed E-state index contributed by atoms with van der Waals surface area (Å²) in [5, 5.41) is 0. The number of hydrogen-bond donors (Lipinski definition) is 0. The summed E-state index contributed by atoms with van der Waals surface area (Å²) < 4.78 is 16.6. The predicted molar refractivity (Wildman–Crippen MR) is 247 cm³/mol. The molecule has 1 unspecified atom stereocenters. The van der Waals surface area contributed by atoms with Crippen molar-refractivity contribution in [1.82, 2.24) is 0 Å². The second-order valence-corrected chi connectivity index (χ2v) is 15.8. The predicted octanol–water partition coefficient (Wildman–Crippen LogP) is 15.5. The third-order valence-electron chi connectivity index (χ3n) is 10.1. The Morgan fingerprint density at radius 2 is 0.724 bits per heavy atom. The Labute approximate surface area is 357 Å². The summed E-state index contributed by atoms with van der Waals surface area (Å²) in [6.45, 7) is 6.37. The summed E-state index contributed by atoms with van der Waals surface area (Å²) in [6.07, 6.45) is 57.6. The normalized spacial score (nSPS) is 12.7. The molecule has 0 aromatic carbocycles. The van der Waals surface area contributed by atoms with Crippen molar-refractivity contribution in [3.63, 3.8) is 0 Å². The van der Waals surface area contributed by atoms with E-state index in [-0.39, 0.29) is 37.5 Å². The average molecular weight is 809 g/mol. The fourth-order valence-corrected chi connectivity index (χ4v) is 6.45. The van der Waals surface area contributed by atoms with Gasteiger partial charge >= 0.3 is 17.9 Å². The van der Waals surface area contributed by atoms with E-state index in [4.69, 9.17) is 14.2 Å². The molecule has 0 saturated heterocycles. The first-order valence-corrected chi connectivity index (χ1v) is 24.0. The summed E-state index contributed by atoms with van der Waals surface area (Å²) in [6, 6.07) is 0. The van der Waals surface area contributed by atoms with Crippen LogP contribution in [0.3, 0.4) is 0 Å². The zero-order valence-corrected chi connectivity index (χ0v) is 37.8. The topological polar surface area (TPSA) is 78.9 Å². The van der Waals surface area contributed by atoms with Gasteiger partial charge in [0.2, 0.25) is 0 Å². The average Bonchev–Trinajstić information content (AvgIpc) is 3.22. The molecular formula is C52H88O6. The lowest BCUT2D eigenvalue weighted by molar-refractivity contribution is -0.167. The highest BCUT2D eigenvalue weighted by atomic mass is 16.6. The number of esters is 3. The smallest absolute Gasteiger partial charge is 0.306 e. The molecule has 0 rings (SSSR count). The molecule has 0 saturated carbocycles. The van der Waals surface area contributed by atoms with Crippen LogP contribution in [0.4, 0.5) is 0 Å². The third-order valence-corrected chi connectivity index (χ3v) is 10.1. The molecule has 58 heavy (non-hydrogen) atoms. The maximum Gasteiger partial charge on any atom is 0.306 e. The number of carbonyl (C=O) groups excluding carboxylic acids is 3. The molecule has 0 amide bonds. The van der Waals surface area contributed by atoms with E-state index in [1.54, 1.807) is 0 Å². The van der Waals surface area contributed by atoms with Crippen LogP contribution in [0.2, 0.25) is 0 Å². The van der Waals surface area contributed by atoms with E-state index < -0.39 is 6.10 Å². The first-order chi connectivity index (χ1) is 28.5. The molecule has 0 aliphatic carbocycles. The quantitative estimate of drug-likeness (QED) is 0.0201. The van der Waals surface area contributed by atoms with Crippen molar-refractivity contribution < 1.29 is 28.6 Å². The van der Waals surface area contributed by atoms with Crippen LogP contribution in [0, 0.1) is 0 Å². The van der Waals surface area contributed by atoms with Gasteiger partial charge in [-0.25, -0.2) is 0 Å². The summed E-state index contributed by atoms with van der Waals surface area (Å²) in [4.78, 5) is 37.7. The Kier molecular flexibility index (Phi) is 44.0. The van der Waals surface area contributed by atoms with E-state index in [2.05, 4.69) is 39.0 Å². The fraction of sp³-hybridized carbons (Fsp3) is 0.712. The van der Waals surface area contributed by atoms with E-state index in [0.717, 1.165) is 70.6 Å². The molecule has 1 atom stereocenters. The molecule has 0 aliphatic rings. The number of hydrogen-bond acceptors (Lipinski definition) is 6. The Morgan fingerprint density at radius 3 is 1.19 bits per heavy atom. The Bertz CT molecular complexity index is 1110. The van der Waals surface area contributed by atoms with Crippen molar-refractivity contribution in [2.75, 3.05) is 13.2 Å². The second-order valence-electron chi connectivity index (χ2n) is 15.8. The van der Waals surface area contributed by atoms with E-state index in [0.29, 0.717) is 19.3 Å². The molecule has 0 bridgehead atoms. The third kappa shape index (κ3) is 44.0. The molecule has 332 valence electrons. The van der Waals surface area contributed by atoms with Crippen LogP contribution in [0.15, 0.2) is 72.9 Å². The molecule has 0 aromatic heterocycles. The summed E-state index contributed by atoms with van der Waals surface area (Å²) in [5.41, 5.74) is 0. The van der Waals surface area contributed by atoms with Crippen molar-refractivity contribution in [3.8, 4) is 0 Å². The van der Waals surface area contributed by atoms with Gasteiger partial charge in [0.15, 0.2) is 6.10 Å². The molecule has 0 aromatic rings. The van der Waals surface area contributed by atoms with E-state index in [1.165, 1.54) is 103 Å². The molecule has 0 fully saturated rings. The molecule has 6 heteroatoms. The maximum absolute atomic E-state index is 12.7. The number of allylic oxidation sites excluding steroid dienone is 12. The molecule has 0 heterocycles. The van der Waals surface area contributed by atoms with Gasteiger partial charge in [0, 0.05) is 19.3 Å². The minimum atomic E-state index is -0.813. The Morgan fingerprint density at radius 1 is 0.362 bits per heavy atom. The highest BCUT2D eigenvalue weighted by Gasteiger charge is 2.19. The van der Waals surface area contributed by atoms with Crippen molar-refractivity contribution in [2.24, 2.45) is 0 Å². The first-order valence-electron chi connectivity index (χ1n) is 24.0. The molecule has 0 N–H and O–H groups in total. The van der Waals surface area contributed by atoms with Gasteiger partial charge in [0.1, 0.15) is 13.2 Å². The summed E-state index contributed by atoms with van der Waals surface area (Å²) in [7, 11) is 0. The van der Waals surface area contributed by atoms with Crippen LogP contribution in [0.25, 0.3) is 0 Å². The molecular weight excluding hydrogens is 721 g/mol. The zero-order valence-electron chi connectivity index (χ0n) is 37.8. The standard InChI is InChI=1S/C52H88O6/c1-4-7-10-13-16-19-22-24-25-26-27-29-30-33-36-39-42-45-51(54)57-48-49(47-56-50(53)44-41-38-35-32-21-18-15-12-9-6-3)58-52(55)46-43-40-37-34-31-28-23-20-17-14-11-8-5-2/h8,11,14-15,17-18,20,23,28,31,34,37,49H,4-7,9-10,12-13,16,19,21-22,24-27,29-30,32-33,35-36,38-48H2,1-3H3/b11-8-,17-14-,18-15-,23-20-,31-28-,37-34-. The van der Waals surface area contributed by atoms with Crippen LogP contribution in [-0.2, 0) is 28.6 Å². The second kappa shape index (κ2) is 46.5. The SMILES string of the molecule is CC\C=C/C=C\C=C/C=C\C=C/CCCC(=O)OC(COC(=O)CCCCCC/C=C\CCCC)COC(=O)CCCCCCCCCCCCCCCCCCC. The van der Waals surface area contributed by atoms with Gasteiger partial charge in [-0.1, -0.05) is 222 Å². The first kappa shape index (κ1) is 54.9. The van der Waals surface area contributed by atoms with Gasteiger partial charge in [-0.15, -0.1) is 0 Å². The highest BCUT2D eigenvalue weighted by Crippen LogP contribution is 2.15. The molecule has 0 spiro atoms. The van der Waals surface area contributed by atoms with Gasteiger partial charge in [0.25, 0.3) is 0 Å². The van der Waals surface area contributed by atoms with Crippen LogP contribution < -0.4 is 0 Å². The van der Waals surface area contributed by atoms with Gasteiger partial charge in [0.05, 0.1) is 0 Å². The largest absolute Gasteiger partial charge is 0.462 e. The number of ether oxygens (including phenoxy) is 3. The molecule has 0 radical (unpaired) electrons. The number of rotatable bonds is 42. The minimum Gasteiger partial charge on any atom is -0.462 e. The van der Waals surface area contributed by atoms with Crippen LogP contribution in [0.5, 0.6) is 0 Å². The highest BCUT2D eigenvalue weighted by molar-refractivity contribution is 5.71. The Balaban J connectivity index is 4.43. The van der Waals surface area contributed by atoms with Crippen LogP contribution in [0.1, 0.15) is 220 Å². The minimum absolute atomic E-state index is 0.106. The van der Waals surface area contributed by atoms with Gasteiger partial charge in [-0.3, -0.25) is 14.4 Å². The van der Waals surface area contributed by atoms with E-state index >= 15 is 0 Å². The monoisotopic (exact) mass is 809 g/mol. The summed E-state index contributed by atoms with van der Waals surface area (Å²) >= 11 is 0. The number of carbonyl (C=O) groups is 3. The fourth-order valence-electron chi connectivity index (χ4n) is 6.45.